The highest BCUT2D eigenvalue weighted by Gasteiger charge is 2.33. The Morgan fingerprint density at radius 3 is 2.76 bits per heavy atom. The number of carbonyl (C=O) groups excluding carboxylic acids is 2. The summed E-state index contributed by atoms with van der Waals surface area (Å²) in [5, 5.41) is 6.67. The number of amides is 2. The minimum atomic E-state index is -0.497. The van der Waals surface area contributed by atoms with Crippen LogP contribution in [0.15, 0.2) is 28.8 Å². The van der Waals surface area contributed by atoms with Gasteiger partial charge < -0.3 is 14.7 Å². The van der Waals surface area contributed by atoms with Gasteiger partial charge >= 0.3 is 0 Å². The van der Waals surface area contributed by atoms with Crippen molar-refractivity contribution in [3.8, 4) is 11.4 Å². The van der Waals surface area contributed by atoms with Crippen molar-refractivity contribution in [1.29, 1.82) is 0 Å². The van der Waals surface area contributed by atoms with E-state index in [-0.39, 0.29) is 23.5 Å². The van der Waals surface area contributed by atoms with Crippen LogP contribution < -0.4 is 5.32 Å². The number of benzene rings is 1. The standard InChI is InChI=1S/C17H19FN4O3/c1-10(19-16(24)14-4-3-9-22(14)11(2)23)17-20-15(21-25-17)12-5-7-13(18)8-6-12/h5-8,10,14H,3-4,9H2,1-2H3,(H,19,24)/t10-,14+/m1/s1. The van der Waals surface area contributed by atoms with Gasteiger partial charge in [-0.15, -0.1) is 0 Å². The van der Waals surface area contributed by atoms with Crippen molar-refractivity contribution in [2.75, 3.05) is 6.54 Å². The number of nitrogens with one attached hydrogen (secondary N) is 1. The molecule has 2 heterocycles. The lowest BCUT2D eigenvalue weighted by atomic mass is 10.2. The molecule has 1 N–H and O–H groups in total. The molecule has 8 heteroatoms. The summed E-state index contributed by atoms with van der Waals surface area (Å²) in [5.74, 6) is -0.120. The summed E-state index contributed by atoms with van der Waals surface area (Å²) >= 11 is 0. The van der Waals surface area contributed by atoms with E-state index in [2.05, 4.69) is 15.5 Å². The molecule has 7 nitrogen and oxygen atoms in total. The van der Waals surface area contributed by atoms with E-state index in [0.29, 0.717) is 24.4 Å². The van der Waals surface area contributed by atoms with E-state index in [0.717, 1.165) is 6.42 Å². The van der Waals surface area contributed by atoms with Gasteiger partial charge in [-0.25, -0.2) is 4.39 Å². The van der Waals surface area contributed by atoms with Crippen LogP contribution in [0.1, 0.15) is 38.6 Å². The number of aromatic nitrogens is 2. The van der Waals surface area contributed by atoms with E-state index in [1.54, 1.807) is 24.0 Å². The number of hydrogen-bond donors (Lipinski definition) is 1. The molecule has 0 spiro atoms. The molecule has 0 aliphatic carbocycles. The van der Waals surface area contributed by atoms with Gasteiger partial charge in [0.05, 0.1) is 0 Å². The zero-order valence-corrected chi connectivity index (χ0v) is 14.0. The highest BCUT2D eigenvalue weighted by Crippen LogP contribution is 2.21. The van der Waals surface area contributed by atoms with Crippen LogP contribution in [0, 0.1) is 5.82 Å². The number of likely N-dealkylation sites (tertiary alicyclic amines) is 1. The minimum absolute atomic E-state index is 0.110. The first-order valence-corrected chi connectivity index (χ1v) is 8.13. The second-order valence-corrected chi connectivity index (χ2v) is 6.06. The van der Waals surface area contributed by atoms with Crippen molar-refractivity contribution in [3.63, 3.8) is 0 Å². The van der Waals surface area contributed by atoms with Crippen molar-refractivity contribution in [2.45, 2.75) is 38.8 Å². The maximum absolute atomic E-state index is 13.0. The average Bonchev–Trinajstić information content (AvgIpc) is 3.25. The molecule has 0 unspecified atom stereocenters. The van der Waals surface area contributed by atoms with Crippen LogP contribution in [0.3, 0.4) is 0 Å². The van der Waals surface area contributed by atoms with E-state index in [1.165, 1.54) is 19.1 Å². The molecule has 1 saturated heterocycles. The third-order valence-electron chi connectivity index (χ3n) is 4.23. The van der Waals surface area contributed by atoms with Gasteiger partial charge in [-0.2, -0.15) is 4.98 Å². The predicted octanol–water partition coefficient (Wildman–Crippen LogP) is 2.06. The van der Waals surface area contributed by atoms with Crippen LogP contribution in [0.25, 0.3) is 11.4 Å². The summed E-state index contributed by atoms with van der Waals surface area (Å²) in [7, 11) is 0. The van der Waals surface area contributed by atoms with E-state index in [9.17, 15) is 14.0 Å². The van der Waals surface area contributed by atoms with Crippen molar-refractivity contribution < 1.29 is 18.5 Å². The first kappa shape index (κ1) is 17.1. The quantitative estimate of drug-likeness (QED) is 0.915. The molecule has 2 amide bonds. The Kier molecular flexibility index (Phi) is 4.78. The Hall–Kier alpha value is -2.77. The van der Waals surface area contributed by atoms with Crippen LogP contribution >= 0.6 is 0 Å². The van der Waals surface area contributed by atoms with Crippen LogP contribution in [0.4, 0.5) is 4.39 Å². The zero-order valence-electron chi connectivity index (χ0n) is 14.0. The first-order chi connectivity index (χ1) is 12.0. The molecule has 0 radical (unpaired) electrons. The molecular weight excluding hydrogens is 327 g/mol. The normalized spacial score (nSPS) is 18.2. The lowest BCUT2D eigenvalue weighted by Gasteiger charge is -2.23. The van der Waals surface area contributed by atoms with Crippen molar-refractivity contribution in [1.82, 2.24) is 20.4 Å². The van der Waals surface area contributed by atoms with Crippen LogP contribution in [-0.4, -0.2) is 39.4 Å². The molecular formula is C17H19FN4O3. The van der Waals surface area contributed by atoms with E-state index in [1.807, 2.05) is 0 Å². The second kappa shape index (κ2) is 7.00. The highest BCUT2D eigenvalue weighted by atomic mass is 19.1. The number of rotatable bonds is 4. The van der Waals surface area contributed by atoms with E-state index in [4.69, 9.17) is 4.52 Å². The largest absolute Gasteiger partial charge is 0.343 e. The molecule has 0 saturated carbocycles. The van der Waals surface area contributed by atoms with E-state index >= 15 is 0 Å². The molecule has 1 aromatic heterocycles. The Morgan fingerprint density at radius 2 is 2.08 bits per heavy atom. The lowest BCUT2D eigenvalue weighted by molar-refractivity contribution is -0.137. The second-order valence-electron chi connectivity index (χ2n) is 6.06. The molecule has 2 atom stereocenters. The van der Waals surface area contributed by atoms with Gasteiger partial charge in [0.25, 0.3) is 0 Å². The maximum atomic E-state index is 13.0. The van der Waals surface area contributed by atoms with Gasteiger partial charge in [0.1, 0.15) is 17.9 Å². The molecule has 1 aliphatic rings. The average molecular weight is 346 g/mol. The van der Waals surface area contributed by atoms with Crippen molar-refractivity contribution >= 4 is 11.8 Å². The van der Waals surface area contributed by atoms with Crippen LogP contribution in [-0.2, 0) is 9.59 Å². The molecule has 132 valence electrons. The smallest absolute Gasteiger partial charge is 0.249 e. The number of hydrogen-bond acceptors (Lipinski definition) is 5. The third kappa shape index (κ3) is 3.67. The summed E-state index contributed by atoms with van der Waals surface area (Å²) in [6.07, 6.45) is 1.45. The molecule has 1 aromatic carbocycles. The van der Waals surface area contributed by atoms with Crippen LogP contribution in [0.2, 0.25) is 0 Å². The summed E-state index contributed by atoms with van der Waals surface area (Å²) in [6.45, 7) is 3.78. The number of carbonyl (C=O) groups is 2. The zero-order chi connectivity index (χ0) is 18.0. The first-order valence-electron chi connectivity index (χ1n) is 8.13. The molecule has 0 bridgehead atoms. The fourth-order valence-corrected chi connectivity index (χ4v) is 2.91. The fourth-order valence-electron chi connectivity index (χ4n) is 2.91. The monoisotopic (exact) mass is 346 g/mol. The van der Waals surface area contributed by atoms with Gasteiger partial charge in [-0.05, 0) is 44.0 Å². The number of nitrogens with zero attached hydrogens (tertiary/aromatic N) is 3. The number of halogens is 1. The Labute approximate surface area is 144 Å². The van der Waals surface area contributed by atoms with E-state index < -0.39 is 12.1 Å². The molecule has 3 rings (SSSR count). The van der Waals surface area contributed by atoms with Crippen LogP contribution in [0.5, 0.6) is 0 Å². The maximum Gasteiger partial charge on any atom is 0.249 e. The SMILES string of the molecule is CC(=O)N1CCC[C@H]1C(=O)N[C@H](C)c1nc(-c2ccc(F)cc2)no1. The highest BCUT2D eigenvalue weighted by molar-refractivity contribution is 5.87. The van der Waals surface area contributed by atoms with Crippen molar-refractivity contribution in [3.05, 3.63) is 36.0 Å². The summed E-state index contributed by atoms with van der Waals surface area (Å²) in [5.41, 5.74) is 0.619. The summed E-state index contributed by atoms with van der Waals surface area (Å²) in [6, 6.07) is 4.77. The van der Waals surface area contributed by atoms with Gasteiger partial charge in [-0.1, -0.05) is 5.16 Å². The third-order valence-corrected chi connectivity index (χ3v) is 4.23. The molecule has 1 fully saturated rings. The summed E-state index contributed by atoms with van der Waals surface area (Å²) in [4.78, 5) is 29.8. The Balaban J connectivity index is 1.67. The van der Waals surface area contributed by atoms with Gasteiger partial charge in [-0.3, -0.25) is 9.59 Å². The predicted molar refractivity (Wildman–Crippen MR) is 86.7 cm³/mol. The molecule has 25 heavy (non-hydrogen) atoms. The fraction of sp³-hybridized carbons (Fsp3) is 0.412. The Bertz CT molecular complexity index is 774. The topological polar surface area (TPSA) is 88.3 Å². The Morgan fingerprint density at radius 1 is 1.36 bits per heavy atom. The summed E-state index contributed by atoms with van der Waals surface area (Å²) < 4.78 is 18.2. The lowest BCUT2D eigenvalue weighted by Crippen LogP contribution is -2.45. The van der Waals surface area contributed by atoms with Gasteiger partial charge in [0.2, 0.25) is 23.5 Å². The minimum Gasteiger partial charge on any atom is -0.343 e. The van der Waals surface area contributed by atoms with Gasteiger partial charge in [0, 0.05) is 19.0 Å². The van der Waals surface area contributed by atoms with Gasteiger partial charge in [0.15, 0.2) is 0 Å². The molecule has 1 aliphatic heterocycles. The molecule has 2 aromatic rings. The van der Waals surface area contributed by atoms with Crippen molar-refractivity contribution in [2.24, 2.45) is 0 Å².